The van der Waals surface area contributed by atoms with Gasteiger partial charge in [-0.25, -0.2) is 18.0 Å². The Morgan fingerprint density at radius 2 is 1.84 bits per heavy atom. The summed E-state index contributed by atoms with van der Waals surface area (Å²) in [6.07, 6.45) is 0.892. The third-order valence-corrected chi connectivity index (χ3v) is 4.63. The first-order valence-electron chi connectivity index (χ1n) is 9.16. The van der Waals surface area contributed by atoms with E-state index in [1.807, 2.05) is 0 Å². The molecular formula is C21H18F3N3O4. The van der Waals surface area contributed by atoms with E-state index in [0.717, 1.165) is 29.0 Å². The molecule has 1 heterocycles. The minimum absolute atomic E-state index is 0.0255. The fourth-order valence-corrected chi connectivity index (χ4v) is 3.31. The Bertz CT molecular complexity index is 1260. The van der Waals surface area contributed by atoms with Gasteiger partial charge in [-0.15, -0.1) is 0 Å². The fraction of sp³-hybridized carbons (Fsp3) is 0.190. The molecule has 0 saturated carbocycles. The number of nitrogens with zero attached hydrogens (tertiary/aromatic N) is 2. The number of hydrogen-bond donors (Lipinski definition) is 2. The number of aromatic carboxylic acids is 1. The monoisotopic (exact) mass is 433 g/mol. The number of pyridine rings is 1. The number of hydrogen-bond acceptors (Lipinski definition) is 5. The summed E-state index contributed by atoms with van der Waals surface area (Å²) in [4.78, 5) is 37.1. The van der Waals surface area contributed by atoms with Gasteiger partial charge in [-0.05, 0) is 31.2 Å². The topological polar surface area (TPSA) is 106 Å². The molecule has 1 aromatic heterocycles. The zero-order valence-corrected chi connectivity index (χ0v) is 16.4. The number of anilines is 1. The molecule has 10 heteroatoms. The number of carbonyl (C=O) groups excluding carboxylic acids is 1. The molecule has 0 atom stereocenters. The maximum absolute atomic E-state index is 14.9. The predicted octanol–water partition coefficient (Wildman–Crippen LogP) is 2.46. The molecule has 2 aromatic carbocycles. The van der Waals surface area contributed by atoms with Crippen molar-refractivity contribution in [1.82, 2.24) is 4.57 Å². The van der Waals surface area contributed by atoms with Crippen LogP contribution in [0.3, 0.4) is 0 Å². The van der Waals surface area contributed by atoms with Crippen LogP contribution in [0.4, 0.5) is 18.9 Å². The molecule has 0 unspecified atom stereocenters. The highest BCUT2D eigenvalue weighted by Gasteiger charge is 2.21. The van der Waals surface area contributed by atoms with Gasteiger partial charge in [-0.2, -0.15) is 0 Å². The van der Waals surface area contributed by atoms with E-state index in [4.69, 9.17) is 5.73 Å². The Morgan fingerprint density at radius 3 is 2.42 bits per heavy atom. The number of fused-ring (bicyclic) bond motifs is 1. The predicted molar refractivity (Wildman–Crippen MR) is 108 cm³/mol. The van der Waals surface area contributed by atoms with Crippen LogP contribution in [0.15, 0.2) is 41.3 Å². The van der Waals surface area contributed by atoms with Crippen LogP contribution < -0.4 is 16.1 Å². The van der Waals surface area contributed by atoms with E-state index < -0.39 is 34.4 Å². The number of ketones is 1. The van der Waals surface area contributed by atoms with Crippen LogP contribution in [0, 0.1) is 17.5 Å². The van der Waals surface area contributed by atoms with Crippen molar-refractivity contribution in [2.24, 2.45) is 5.73 Å². The molecule has 0 amide bonds. The Kier molecular flexibility index (Phi) is 6.11. The maximum Gasteiger partial charge on any atom is 0.341 e. The highest BCUT2D eigenvalue weighted by Crippen LogP contribution is 2.28. The molecule has 0 spiro atoms. The van der Waals surface area contributed by atoms with Gasteiger partial charge in [0.1, 0.15) is 28.8 Å². The van der Waals surface area contributed by atoms with Crippen molar-refractivity contribution in [3.05, 3.63) is 69.8 Å². The van der Waals surface area contributed by atoms with E-state index in [1.165, 1.54) is 17.9 Å². The minimum atomic E-state index is -1.59. The molecule has 0 fully saturated rings. The third-order valence-electron chi connectivity index (χ3n) is 4.63. The summed E-state index contributed by atoms with van der Waals surface area (Å²) in [7, 11) is 0. The van der Waals surface area contributed by atoms with Gasteiger partial charge in [0, 0.05) is 30.7 Å². The van der Waals surface area contributed by atoms with Gasteiger partial charge >= 0.3 is 5.97 Å². The van der Waals surface area contributed by atoms with Gasteiger partial charge in [0.15, 0.2) is 0 Å². The van der Waals surface area contributed by atoms with Crippen molar-refractivity contribution < 1.29 is 27.9 Å². The molecule has 3 rings (SSSR count). The Hall–Kier alpha value is -3.66. The van der Waals surface area contributed by atoms with Gasteiger partial charge in [0.05, 0.1) is 23.4 Å². The number of Topliss-reactive ketones (excluding diaryl/α,β-unsaturated/α-hetero) is 1. The highest BCUT2D eigenvalue weighted by atomic mass is 19.1. The van der Waals surface area contributed by atoms with Gasteiger partial charge in [0.25, 0.3) is 0 Å². The average molecular weight is 433 g/mol. The Balaban J connectivity index is 2.40. The average Bonchev–Trinajstić information content (AvgIpc) is 2.68. The summed E-state index contributed by atoms with van der Waals surface area (Å²) in [6.45, 7) is 1.36. The summed E-state index contributed by atoms with van der Waals surface area (Å²) < 4.78 is 43.8. The first-order chi connectivity index (χ1) is 14.6. The summed E-state index contributed by atoms with van der Waals surface area (Å²) in [5.41, 5.74) is 3.52. The van der Waals surface area contributed by atoms with Crippen LogP contribution in [0.1, 0.15) is 17.3 Å². The van der Waals surface area contributed by atoms with Crippen molar-refractivity contribution in [2.75, 3.05) is 24.5 Å². The van der Waals surface area contributed by atoms with Gasteiger partial charge in [-0.1, -0.05) is 0 Å². The van der Waals surface area contributed by atoms with Crippen molar-refractivity contribution >= 4 is 28.3 Å². The summed E-state index contributed by atoms with van der Waals surface area (Å²) in [5.74, 6) is -4.61. The molecule has 0 aliphatic heterocycles. The quantitative estimate of drug-likeness (QED) is 0.593. The van der Waals surface area contributed by atoms with Crippen molar-refractivity contribution in [2.45, 2.75) is 6.92 Å². The number of aromatic nitrogens is 1. The number of halogens is 3. The second-order valence-corrected chi connectivity index (χ2v) is 6.88. The maximum atomic E-state index is 14.9. The number of carbonyl (C=O) groups is 2. The zero-order chi connectivity index (χ0) is 22.9. The lowest BCUT2D eigenvalue weighted by Crippen LogP contribution is -2.34. The van der Waals surface area contributed by atoms with E-state index in [1.54, 1.807) is 0 Å². The molecule has 0 bridgehead atoms. The summed E-state index contributed by atoms with van der Waals surface area (Å²) >= 11 is 0. The van der Waals surface area contributed by atoms with E-state index in [0.29, 0.717) is 6.07 Å². The lowest BCUT2D eigenvalue weighted by atomic mass is 10.1. The number of carboxylic acid groups (broad SMARTS) is 1. The first kappa shape index (κ1) is 22.0. The largest absolute Gasteiger partial charge is 0.477 e. The van der Waals surface area contributed by atoms with Crippen molar-refractivity contribution in [3.8, 4) is 5.69 Å². The van der Waals surface area contributed by atoms with Crippen LogP contribution in [-0.4, -0.2) is 41.1 Å². The molecule has 0 radical (unpaired) electrons. The second-order valence-electron chi connectivity index (χ2n) is 6.88. The van der Waals surface area contributed by atoms with Crippen LogP contribution in [0.2, 0.25) is 0 Å². The number of carboxylic acids is 1. The Morgan fingerprint density at radius 1 is 1.13 bits per heavy atom. The minimum Gasteiger partial charge on any atom is -0.477 e. The van der Waals surface area contributed by atoms with Gasteiger partial charge < -0.3 is 20.3 Å². The van der Waals surface area contributed by atoms with E-state index in [2.05, 4.69) is 0 Å². The molecule has 3 N–H and O–H groups in total. The molecule has 7 nitrogen and oxygen atoms in total. The lowest BCUT2D eigenvalue weighted by molar-refractivity contribution is -0.115. The third kappa shape index (κ3) is 4.29. The SMILES string of the molecule is CC(=O)CN(CCN)c1cc2c(cc1F)c(=O)c(C(=O)O)cn2-c1ccc(F)cc1F. The lowest BCUT2D eigenvalue weighted by Gasteiger charge is -2.24. The first-order valence-corrected chi connectivity index (χ1v) is 9.16. The summed E-state index contributed by atoms with van der Waals surface area (Å²) in [5, 5.41) is 9.05. The van der Waals surface area contributed by atoms with Crippen LogP contribution in [-0.2, 0) is 4.79 Å². The van der Waals surface area contributed by atoms with Crippen molar-refractivity contribution in [1.29, 1.82) is 0 Å². The smallest absolute Gasteiger partial charge is 0.341 e. The number of benzene rings is 2. The number of rotatable bonds is 7. The van der Waals surface area contributed by atoms with Gasteiger partial charge in [0.2, 0.25) is 5.43 Å². The van der Waals surface area contributed by atoms with Gasteiger partial charge in [-0.3, -0.25) is 9.59 Å². The molecule has 162 valence electrons. The highest BCUT2D eigenvalue weighted by molar-refractivity contribution is 5.94. The molecule has 0 aliphatic carbocycles. The zero-order valence-electron chi connectivity index (χ0n) is 16.4. The molecular weight excluding hydrogens is 415 g/mol. The second kappa shape index (κ2) is 8.60. The van der Waals surface area contributed by atoms with E-state index >= 15 is 0 Å². The van der Waals surface area contributed by atoms with Crippen molar-refractivity contribution in [3.63, 3.8) is 0 Å². The molecule has 0 saturated heterocycles. The molecule has 0 aliphatic rings. The molecule has 31 heavy (non-hydrogen) atoms. The van der Waals surface area contributed by atoms with E-state index in [-0.39, 0.29) is 47.7 Å². The van der Waals surface area contributed by atoms with Crippen LogP contribution in [0.5, 0.6) is 0 Å². The number of nitrogens with two attached hydrogens (primary N) is 1. The standard InChI is InChI=1S/C21H18F3N3O4/c1-11(28)9-26(5-4-25)19-8-18-13(7-16(19)24)20(29)14(21(30)31)10-27(18)17-3-2-12(22)6-15(17)23/h2-3,6-8,10H,4-5,9,25H2,1H3,(H,30,31). The Labute approximate surface area is 174 Å². The van der Waals surface area contributed by atoms with Crippen LogP contribution in [0.25, 0.3) is 16.6 Å². The van der Waals surface area contributed by atoms with E-state index in [9.17, 15) is 32.7 Å². The fourth-order valence-electron chi connectivity index (χ4n) is 3.31. The van der Waals surface area contributed by atoms with Crippen LogP contribution >= 0.6 is 0 Å². The molecule has 3 aromatic rings. The normalized spacial score (nSPS) is 11.0. The summed E-state index contributed by atoms with van der Waals surface area (Å²) in [6, 6.07) is 4.67.